The molecule has 4 aromatic rings. The molecule has 1 atom stereocenters. The summed E-state index contributed by atoms with van der Waals surface area (Å²) >= 11 is 1.67. The second-order valence-electron chi connectivity index (χ2n) is 7.90. The number of nitrogens with one attached hydrogen (secondary N) is 1. The molecule has 0 radical (unpaired) electrons. The first-order valence-corrected chi connectivity index (χ1v) is 11.0. The summed E-state index contributed by atoms with van der Waals surface area (Å²) in [7, 11) is 1.70. The molecule has 0 spiro atoms. The van der Waals surface area contributed by atoms with Gasteiger partial charge in [0.2, 0.25) is 5.91 Å². The predicted molar refractivity (Wildman–Crippen MR) is 122 cm³/mol. The van der Waals surface area contributed by atoms with Crippen LogP contribution < -0.4 is 15.8 Å². The second-order valence-corrected chi connectivity index (χ2v) is 8.95. The van der Waals surface area contributed by atoms with Crippen LogP contribution in [0, 0.1) is 6.92 Å². The van der Waals surface area contributed by atoms with E-state index in [2.05, 4.69) is 39.4 Å². The summed E-state index contributed by atoms with van der Waals surface area (Å²) in [6.45, 7) is 6.06. The Morgan fingerprint density at radius 2 is 2.19 bits per heavy atom. The van der Waals surface area contributed by atoms with E-state index >= 15 is 0 Å². The zero-order valence-corrected chi connectivity index (χ0v) is 18.5. The molecule has 160 valence electrons. The highest BCUT2D eigenvalue weighted by Crippen LogP contribution is 2.43. The number of thiophene rings is 1. The van der Waals surface area contributed by atoms with Gasteiger partial charge in [-0.3, -0.25) is 9.69 Å². The number of aromatic nitrogens is 3. The molecule has 8 nitrogen and oxygen atoms in total. The maximum absolute atomic E-state index is 12.2. The van der Waals surface area contributed by atoms with Crippen molar-refractivity contribution in [3.63, 3.8) is 0 Å². The standard InChI is InChI=1S/C22H24N6O2S/c1-12-6-14-8-17(31-20(14)16(7-12)30-3)18-15(9-27-5-4-24-22(29)13(27)2)10-28-19(18)21(23)25-11-26-28/h6-8,10-11,13H,4-5,9H2,1-3H3,(H,24,29)(H2,23,25,26). The highest BCUT2D eigenvalue weighted by atomic mass is 32.1. The lowest BCUT2D eigenvalue weighted by molar-refractivity contribution is -0.128. The molecule has 1 saturated heterocycles. The Morgan fingerprint density at radius 3 is 3.00 bits per heavy atom. The van der Waals surface area contributed by atoms with Crippen molar-refractivity contribution < 1.29 is 9.53 Å². The van der Waals surface area contributed by atoms with Gasteiger partial charge in [0.05, 0.1) is 17.9 Å². The zero-order valence-electron chi connectivity index (χ0n) is 17.7. The molecule has 1 amide bonds. The molecule has 31 heavy (non-hydrogen) atoms. The largest absolute Gasteiger partial charge is 0.495 e. The number of piperazine rings is 1. The molecule has 1 aliphatic heterocycles. The van der Waals surface area contributed by atoms with Gasteiger partial charge in [-0.1, -0.05) is 6.07 Å². The lowest BCUT2D eigenvalue weighted by atomic mass is 10.1. The molecule has 0 bridgehead atoms. The van der Waals surface area contributed by atoms with Crippen molar-refractivity contribution >= 4 is 38.7 Å². The first-order chi connectivity index (χ1) is 15.0. The minimum Gasteiger partial charge on any atom is -0.495 e. The monoisotopic (exact) mass is 436 g/mol. The quantitative estimate of drug-likeness (QED) is 0.511. The number of carbonyl (C=O) groups is 1. The second kappa shape index (κ2) is 7.51. The normalized spacial score (nSPS) is 17.4. The number of benzene rings is 1. The van der Waals surface area contributed by atoms with Crippen LogP contribution >= 0.6 is 11.3 Å². The third kappa shape index (κ3) is 3.30. The fraction of sp³-hybridized carbons (Fsp3) is 0.318. The van der Waals surface area contributed by atoms with Crippen molar-refractivity contribution in [1.29, 1.82) is 0 Å². The molecule has 0 aliphatic carbocycles. The first-order valence-electron chi connectivity index (χ1n) is 10.2. The zero-order chi connectivity index (χ0) is 21.7. The number of ether oxygens (including phenoxy) is 1. The van der Waals surface area contributed by atoms with Crippen molar-refractivity contribution in [1.82, 2.24) is 24.8 Å². The van der Waals surface area contributed by atoms with E-state index in [1.54, 1.807) is 23.0 Å². The van der Waals surface area contributed by atoms with Crippen LogP contribution in [0.4, 0.5) is 5.82 Å². The Balaban J connectivity index is 1.69. The van der Waals surface area contributed by atoms with Crippen LogP contribution in [0.5, 0.6) is 5.75 Å². The smallest absolute Gasteiger partial charge is 0.237 e. The summed E-state index contributed by atoms with van der Waals surface area (Å²) in [6, 6.07) is 6.19. The van der Waals surface area contributed by atoms with Crippen LogP contribution in [0.3, 0.4) is 0 Å². The van der Waals surface area contributed by atoms with E-state index in [1.807, 2.05) is 19.2 Å². The van der Waals surface area contributed by atoms with Gasteiger partial charge in [0.15, 0.2) is 5.82 Å². The molecule has 3 N–H and O–H groups in total. The number of amides is 1. The average molecular weight is 437 g/mol. The Bertz CT molecular complexity index is 1310. The molecule has 1 fully saturated rings. The van der Waals surface area contributed by atoms with Gasteiger partial charge in [-0.05, 0) is 42.5 Å². The Hall–Kier alpha value is -3.17. The van der Waals surface area contributed by atoms with E-state index in [0.717, 1.165) is 49.5 Å². The van der Waals surface area contributed by atoms with Crippen LogP contribution in [0.2, 0.25) is 0 Å². The van der Waals surface area contributed by atoms with Gasteiger partial charge in [-0.15, -0.1) is 11.3 Å². The van der Waals surface area contributed by atoms with Gasteiger partial charge in [0.25, 0.3) is 0 Å². The number of rotatable bonds is 4. The number of hydrogen-bond acceptors (Lipinski definition) is 7. The summed E-state index contributed by atoms with van der Waals surface area (Å²) in [4.78, 5) is 19.7. The number of nitrogen functional groups attached to an aromatic ring is 1. The molecule has 1 aromatic carbocycles. The lowest BCUT2D eigenvalue weighted by Gasteiger charge is -2.32. The molecule has 3 aromatic heterocycles. The number of hydrogen-bond donors (Lipinski definition) is 2. The minimum absolute atomic E-state index is 0.0537. The highest BCUT2D eigenvalue weighted by molar-refractivity contribution is 7.22. The number of methoxy groups -OCH3 is 1. The van der Waals surface area contributed by atoms with E-state index in [4.69, 9.17) is 10.5 Å². The fourth-order valence-corrected chi connectivity index (χ4v) is 5.50. The van der Waals surface area contributed by atoms with E-state index in [9.17, 15) is 4.79 Å². The van der Waals surface area contributed by atoms with Gasteiger partial charge < -0.3 is 15.8 Å². The average Bonchev–Trinajstić information content (AvgIpc) is 3.32. The Labute approximate surface area is 183 Å². The molecule has 5 rings (SSSR count). The number of anilines is 1. The first kappa shape index (κ1) is 19.8. The molecule has 1 aliphatic rings. The van der Waals surface area contributed by atoms with Crippen LogP contribution in [-0.4, -0.2) is 51.6 Å². The molecular formula is C22H24N6O2S. The van der Waals surface area contributed by atoms with Crippen LogP contribution in [0.1, 0.15) is 18.1 Å². The molecular weight excluding hydrogens is 412 g/mol. The number of carbonyl (C=O) groups excluding carboxylic acids is 1. The molecule has 0 saturated carbocycles. The van der Waals surface area contributed by atoms with Crippen molar-refractivity contribution in [2.24, 2.45) is 0 Å². The predicted octanol–water partition coefficient (Wildman–Crippen LogP) is 2.83. The van der Waals surface area contributed by atoms with Gasteiger partial charge in [-0.25, -0.2) is 9.50 Å². The Kier molecular flexibility index (Phi) is 4.79. The fourth-order valence-electron chi connectivity index (χ4n) is 4.28. The summed E-state index contributed by atoms with van der Waals surface area (Å²) in [5, 5.41) is 8.44. The maximum Gasteiger partial charge on any atom is 0.237 e. The van der Waals surface area contributed by atoms with Crippen molar-refractivity contribution in [3.05, 3.63) is 41.9 Å². The van der Waals surface area contributed by atoms with Crippen LogP contribution in [0.25, 0.3) is 26.0 Å². The molecule has 9 heteroatoms. The summed E-state index contributed by atoms with van der Waals surface area (Å²) in [5.41, 5.74) is 10.3. The van der Waals surface area contributed by atoms with Gasteiger partial charge in [0, 0.05) is 36.3 Å². The summed E-state index contributed by atoms with van der Waals surface area (Å²) < 4.78 is 8.51. The Morgan fingerprint density at radius 1 is 1.35 bits per heavy atom. The van der Waals surface area contributed by atoms with Crippen molar-refractivity contribution in [2.75, 3.05) is 25.9 Å². The van der Waals surface area contributed by atoms with Crippen LogP contribution in [0.15, 0.2) is 30.7 Å². The summed E-state index contributed by atoms with van der Waals surface area (Å²) in [6.07, 6.45) is 3.46. The topological polar surface area (TPSA) is 97.8 Å². The van der Waals surface area contributed by atoms with E-state index in [0.29, 0.717) is 18.9 Å². The maximum atomic E-state index is 12.2. The van der Waals surface area contributed by atoms with Crippen molar-refractivity contribution in [3.8, 4) is 16.2 Å². The third-order valence-electron chi connectivity index (χ3n) is 5.87. The number of fused-ring (bicyclic) bond motifs is 2. The molecule has 4 heterocycles. The minimum atomic E-state index is -0.196. The lowest BCUT2D eigenvalue weighted by Crippen LogP contribution is -2.53. The number of nitrogens with zero attached hydrogens (tertiary/aromatic N) is 4. The SMILES string of the molecule is COc1cc(C)cc2cc(-c3c(CN4CCNC(=O)C4C)cn4ncnc(N)c34)sc12. The van der Waals surface area contributed by atoms with Gasteiger partial charge in [0.1, 0.15) is 17.6 Å². The number of nitrogens with two attached hydrogens (primary N) is 1. The number of aryl methyl sites for hydroxylation is 1. The highest BCUT2D eigenvalue weighted by Gasteiger charge is 2.28. The van der Waals surface area contributed by atoms with Crippen LogP contribution in [-0.2, 0) is 11.3 Å². The van der Waals surface area contributed by atoms with Crippen molar-refractivity contribution in [2.45, 2.75) is 26.4 Å². The van der Waals surface area contributed by atoms with Gasteiger partial charge >= 0.3 is 0 Å². The van der Waals surface area contributed by atoms with Gasteiger partial charge in [-0.2, -0.15) is 5.10 Å². The third-order valence-corrected chi connectivity index (χ3v) is 7.06. The molecule has 1 unspecified atom stereocenters. The van der Waals surface area contributed by atoms with E-state index in [1.165, 1.54) is 6.33 Å². The summed E-state index contributed by atoms with van der Waals surface area (Å²) in [5.74, 6) is 1.35. The van der Waals surface area contributed by atoms with E-state index < -0.39 is 0 Å². The van der Waals surface area contributed by atoms with E-state index in [-0.39, 0.29) is 11.9 Å².